The number of fused-ring (bicyclic) bond motifs is 1. The molecule has 2 atom stereocenters. The number of aromatic nitrogens is 1. The Morgan fingerprint density at radius 2 is 1.51 bits per heavy atom. The molecule has 0 radical (unpaired) electrons. The summed E-state index contributed by atoms with van der Waals surface area (Å²) in [6.45, 7) is 3.42. The number of aryl methyl sites for hydroxylation is 1. The molecule has 2 heterocycles. The minimum absolute atomic E-state index is 0.0325. The van der Waals surface area contributed by atoms with E-state index in [1.165, 1.54) is 33.5 Å². The summed E-state index contributed by atoms with van der Waals surface area (Å²) in [7, 11) is 3.65. The van der Waals surface area contributed by atoms with Crippen molar-refractivity contribution in [1.82, 2.24) is 15.6 Å². The van der Waals surface area contributed by atoms with Gasteiger partial charge in [-0.1, -0.05) is 30.3 Å². The van der Waals surface area contributed by atoms with Crippen LogP contribution in [0.25, 0.3) is 11.6 Å². The van der Waals surface area contributed by atoms with Gasteiger partial charge in [0.2, 0.25) is 0 Å². The third kappa shape index (κ3) is 7.93. The topological polar surface area (TPSA) is 182 Å². The smallest absolute Gasteiger partial charge is 0.328 e. The summed E-state index contributed by atoms with van der Waals surface area (Å²) in [5.41, 5.74) is 3.98. The van der Waals surface area contributed by atoms with Gasteiger partial charge < -0.3 is 35.1 Å². The van der Waals surface area contributed by atoms with Crippen LogP contribution in [0.3, 0.4) is 0 Å². The van der Waals surface area contributed by atoms with Crippen molar-refractivity contribution >= 4 is 53.0 Å². The molecule has 2 aromatic carbocycles. The maximum Gasteiger partial charge on any atom is 0.328 e. The molecule has 0 saturated carbocycles. The van der Waals surface area contributed by atoms with Gasteiger partial charge in [-0.3, -0.25) is 19.2 Å². The van der Waals surface area contributed by atoms with Crippen LogP contribution in [0.15, 0.2) is 48.5 Å². The maximum absolute atomic E-state index is 13.5. The van der Waals surface area contributed by atoms with Crippen molar-refractivity contribution in [2.24, 2.45) is 0 Å². The molecule has 0 unspecified atom stereocenters. The highest BCUT2D eigenvalue weighted by Crippen LogP contribution is 2.35. The zero-order valence-corrected chi connectivity index (χ0v) is 26.6. The van der Waals surface area contributed by atoms with E-state index in [-0.39, 0.29) is 30.4 Å². The quantitative estimate of drug-likeness (QED) is 0.131. The van der Waals surface area contributed by atoms with Crippen LogP contribution >= 0.6 is 0 Å². The molecule has 0 bridgehead atoms. The fourth-order valence-corrected chi connectivity index (χ4v) is 5.29. The number of H-pyrrole nitrogens is 1. The third-order valence-corrected chi connectivity index (χ3v) is 7.79. The summed E-state index contributed by atoms with van der Waals surface area (Å²) < 4.78 is 14.3. The van der Waals surface area contributed by atoms with Gasteiger partial charge in [-0.25, -0.2) is 9.59 Å². The van der Waals surface area contributed by atoms with Crippen LogP contribution in [0.1, 0.15) is 61.6 Å². The van der Waals surface area contributed by atoms with Crippen LogP contribution < -0.4 is 16.0 Å². The molecule has 4 N–H and O–H groups in total. The molecule has 0 fully saturated rings. The Bertz CT molecular complexity index is 1740. The number of carbonyl (C=O) groups is 6. The Morgan fingerprint density at radius 1 is 0.851 bits per heavy atom. The van der Waals surface area contributed by atoms with Crippen molar-refractivity contribution in [3.8, 4) is 0 Å². The lowest BCUT2D eigenvalue weighted by atomic mass is 10.0. The molecule has 1 aliphatic heterocycles. The second kappa shape index (κ2) is 15.0. The van der Waals surface area contributed by atoms with Crippen molar-refractivity contribution in [3.05, 3.63) is 87.7 Å². The molecule has 1 aromatic heterocycles. The maximum atomic E-state index is 13.5. The lowest BCUT2D eigenvalue weighted by Gasteiger charge is -2.17. The molecule has 3 aromatic rings. The van der Waals surface area contributed by atoms with Gasteiger partial charge in [0, 0.05) is 41.0 Å². The van der Waals surface area contributed by atoms with Gasteiger partial charge in [0.25, 0.3) is 17.7 Å². The molecule has 13 heteroatoms. The first-order chi connectivity index (χ1) is 22.5. The number of carbonyl (C=O) groups excluding carboxylic acids is 6. The number of ether oxygens (including phenoxy) is 3. The molecule has 13 nitrogen and oxygen atoms in total. The Balaban J connectivity index is 1.58. The van der Waals surface area contributed by atoms with Crippen LogP contribution in [0.5, 0.6) is 0 Å². The number of benzene rings is 2. The highest BCUT2D eigenvalue weighted by Gasteiger charge is 2.29. The van der Waals surface area contributed by atoms with Gasteiger partial charge in [0.05, 0.1) is 32.5 Å². The molecule has 0 saturated heterocycles. The normalized spacial score (nSPS) is 14.0. The predicted molar refractivity (Wildman–Crippen MR) is 171 cm³/mol. The van der Waals surface area contributed by atoms with Crippen molar-refractivity contribution in [2.45, 2.75) is 45.2 Å². The van der Waals surface area contributed by atoms with Crippen LogP contribution in [0.4, 0.5) is 5.69 Å². The minimum Gasteiger partial charge on any atom is -0.469 e. The summed E-state index contributed by atoms with van der Waals surface area (Å²) in [5, 5.41) is 8.12. The predicted octanol–water partition coefficient (Wildman–Crippen LogP) is 2.86. The lowest BCUT2D eigenvalue weighted by Crippen LogP contribution is -2.43. The second-order valence-electron chi connectivity index (χ2n) is 10.8. The van der Waals surface area contributed by atoms with E-state index in [0.29, 0.717) is 33.8 Å². The van der Waals surface area contributed by atoms with E-state index in [2.05, 4.69) is 25.7 Å². The number of hydrogen-bond acceptors (Lipinski definition) is 9. The van der Waals surface area contributed by atoms with E-state index in [0.717, 1.165) is 5.56 Å². The molecule has 4 rings (SSSR count). The summed E-state index contributed by atoms with van der Waals surface area (Å²) in [6, 6.07) is 11.8. The Hall–Kier alpha value is -5.72. The average molecular weight is 645 g/mol. The SMILES string of the molecule is COC(=O)CC[C@H](NC(=O)c1ccc2c(c1)/C(=C/c1[nH]c(C)c(C(=O)N[C@@H](Cc3ccccc3)C(=O)OC)c1C)C(=O)N2)C(=O)OC. The average Bonchev–Trinajstić information content (AvgIpc) is 3.54. The fraction of sp³-hybridized carbons (Fsp3) is 0.294. The number of nitrogens with one attached hydrogen (secondary N) is 4. The number of rotatable bonds is 12. The minimum atomic E-state index is -1.10. The first-order valence-electron chi connectivity index (χ1n) is 14.7. The van der Waals surface area contributed by atoms with Gasteiger partial charge in [-0.05, 0) is 55.7 Å². The first kappa shape index (κ1) is 34.2. The van der Waals surface area contributed by atoms with E-state index >= 15 is 0 Å². The number of hydrogen-bond donors (Lipinski definition) is 4. The molecule has 0 spiro atoms. The molecule has 246 valence electrons. The van der Waals surface area contributed by atoms with E-state index in [9.17, 15) is 28.8 Å². The molecule has 0 aliphatic carbocycles. The molecule has 1 aliphatic rings. The Morgan fingerprint density at radius 3 is 2.17 bits per heavy atom. The largest absolute Gasteiger partial charge is 0.469 e. The van der Waals surface area contributed by atoms with Gasteiger partial charge in [0.1, 0.15) is 12.1 Å². The Kier molecular flexibility index (Phi) is 10.9. The van der Waals surface area contributed by atoms with Gasteiger partial charge >= 0.3 is 17.9 Å². The van der Waals surface area contributed by atoms with Crippen LogP contribution in [0.2, 0.25) is 0 Å². The Labute approximate surface area is 271 Å². The number of aromatic amines is 1. The first-order valence-corrected chi connectivity index (χ1v) is 14.7. The van der Waals surface area contributed by atoms with Crippen molar-refractivity contribution < 1.29 is 43.0 Å². The second-order valence-corrected chi connectivity index (χ2v) is 10.8. The zero-order valence-electron chi connectivity index (χ0n) is 26.6. The number of esters is 3. The number of anilines is 1. The molecular weight excluding hydrogens is 608 g/mol. The van der Waals surface area contributed by atoms with Gasteiger partial charge in [-0.2, -0.15) is 0 Å². The monoisotopic (exact) mass is 644 g/mol. The van der Waals surface area contributed by atoms with Gasteiger partial charge in [-0.15, -0.1) is 0 Å². The lowest BCUT2D eigenvalue weighted by molar-refractivity contribution is -0.145. The highest BCUT2D eigenvalue weighted by molar-refractivity contribution is 6.35. The summed E-state index contributed by atoms with van der Waals surface area (Å²) in [5.74, 6) is -3.39. The van der Waals surface area contributed by atoms with E-state index in [4.69, 9.17) is 9.47 Å². The van der Waals surface area contributed by atoms with Gasteiger partial charge in [0.15, 0.2) is 0 Å². The molecular formula is C34H36N4O9. The van der Waals surface area contributed by atoms with Crippen LogP contribution in [-0.4, -0.2) is 74.0 Å². The summed E-state index contributed by atoms with van der Waals surface area (Å²) in [4.78, 5) is 79.2. The standard InChI is InChI=1S/C34H36N4O9/c1-18-26(35-19(2)29(18)32(42)38-27(34(44)47-5)15-20-9-7-6-8-10-20)17-23-22-16-21(11-12-24(22)36-31(23)41)30(40)37-25(33(43)46-4)13-14-28(39)45-3/h6-12,16-17,25,27,35H,13-15H2,1-5H3,(H,36,41)(H,37,40)(H,38,42)/b23-17-/t25-,27-/m0/s1. The zero-order chi connectivity index (χ0) is 34.2. The molecule has 3 amide bonds. The van der Waals surface area contributed by atoms with Crippen LogP contribution in [0, 0.1) is 13.8 Å². The summed E-state index contributed by atoms with van der Waals surface area (Å²) >= 11 is 0. The summed E-state index contributed by atoms with van der Waals surface area (Å²) in [6.07, 6.45) is 1.67. The van der Waals surface area contributed by atoms with E-state index in [1.807, 2.05) is 30.3 Å². The van der Waals surface area contributed by atoms with E-state index in [1.54, 1.807) is 26.0 Å². The fourth-order valence-electron chi connectivity index (χ4n) is 5.29. The number of amides is 3. The van der Waals surface area contributed by atoms with Crippen molar-refractivity contribution in [1.29, 1.82) is 0 Å². The van der Waals surface area contributed by atoms with Crippen molar-refractivity contribution in [3.63, 3.8) is 0 Å². The molecule has 47 heavy (non-hydrogen) atoms. The van der Waals surface area contributed by atoms with Crippen molar-refractivity contribution in [2.75, 3.05) is 26.6 Å². The highest BCUT2D eigenvalue weighted by atomic mass is 16.5. The number of methoxy groups -OCH3 is 3. The third-order valence-electron chi connectivity index (χ3n) is 7.79. The van der Waals surface area contributed by atoms with E-state index < -0.39 is 47.7 Å². The van der Waals surface area contributed by atoms with Crippen LogP contribution in [-0.2, 0) is 39.8 Å².